The van der Waals surface area contributed by atoms with E-state index in [0.717, 1.165) is 18.5 Å². The first kappa shape index (κ1) is 12.9. The first-order valence-corrected chi connectivity index (χ1v) is 7.98. The van der Waals surface area contributed by atoms with Crippen molar-refractivity contribution in [2.75, 3.05) is 12.8 Å². The SMILES string of the molecule is CS(=O)(=O)c1ccc(C2CCCCN2)cc1Cl. The van der Waals surface area contributed by atoms with Gasteiger partial charge in [0.1, 0.15) is 0 Å². The average molecular weight is 274 g/mol. The Morgan fingerprint density at radius 3 is 2.65 bits per heavy atom. The molecule has 0 saturated carbocycles. The third-order valence-electron chi connectivity index (χ3n) is 3.07. The van der Waals surface area contributed by atoms with Crippen LogP contribution < -0.4 is 5.32 Å². The summed E-state index contributed by atoms with van der Waals surface area (Å²) in [6, 6.07) is 5.52. The molecule has 0 amide bonds. The maximum Gasteiger partial charge on any atom is 0.176 e. The number of halogens is 1. The second-order valence-corrected chi connectivity index (χ2v) is 6.86. The van der Waals surface area contributed by atoms with Gasteiger partial charge in [0.2, 0.25) is 0 Å². The number of benzene rings is 1. The van der Waals surface area contributed by atoms with Crippen molar-refractivity contribution in [3.63, 3.8) is 0 Å². The molecule has 1 aromatic rings. The van der Waals surface area contributed by atoms with E-state index in [9.17, 15) is 8.42 Å². The van der Waals surface area contributed by atoms with Crippen LogP contribution in [0.15, 0.2) is 23.1 Å². The van der Waals surface area contributed by atoms with Gasteiger partial charge in [-0.25, -0.2) is 8.42 Å². The van der Waals surface area contributed by atoms with Gasteiger partial charge in [-0.15, -0.1) is 0 Å². The average Bonchev–Trinajstić information content (AvgIpc) is 2.28. The smallest absolute Gasteiger partial charge is 0.176 e. The molecular weight excluding hydrogens is 258 g/mol. The van der Waals surface area contributed by atoms with Crippen LogP contribution in [0.3, 0.4) is 0 Å². The van der Waals surface area contributed by atoms with E-state index in [0.29, 0.717) is 11.1 Å². The second-order valence-electron chi connectivity index (χ2n) is 4.46. The van der Waals surface area contributed by atoms with E-state index >= 15 is 0 Å². The fraction of sp³-hybridized carbons (Fsp3) is 0.500. The molecule has 5 heteroatoms. The van der Waals surface area contributed by atoms with Crippen molar-refractivity contribution in [3.8, 4) is 0 Å². The van der Waals surface area contributed by atoms with Crippen LogP contribution in [0.25, 0.3) is 0 Å². The van der Waals surface area contributed by atoms with Crippen LogP contribution in [0.2, 0.25) is 5.02 Å². The molecule has 2 rings (SSSR count). The van der Waals surface area contributed by atoms with Crippen LogP contribution in [0.4, 0.5) is 0 Å². The van der Waals surface area contributed by atoms with Gasteiger partial charge in [0.25, 0.3) is 0 Å². The summed E-state index contributed by atoms with van der Waals surface area (Å²) < 4.78 is 22.9. The Hall–Kier alpha value is -0.580. The maximum atomic E-state index is 11.4. The van der Waals surface area contributed by atoms with Gasteiger partial charge >= 0.3 is 0 Å². The molecular formula is C12H16ClNO2S. The van der Waals surface area contributed by atoms with Crippen LogP contribution in [0, 0.1) is 0 Å². The van der Waals surface area contributed by atoms with Gasteiger partial charge in [-0.3, -0.25) is 0 Å². The van der Waals surface area contributed by atoms with Gasteiger partial charge in [-0.2, -0.15) is 0 Å². The fourth-order valence-electron chi connectivity index (χ4n) is 2.17. The molecule has 1 aliphatic rings. The van der Waals surface area contributed by atoms with E-state index in [-0.39, 0.29) is 4.90 Å². The van der Waals surface area contributed by atoms with Crippen LogP contribution in [0.1, 0.15) is 30.9 Å². The van der Waals surface area contributed by atoms with Gasteiger partial charge in [0, 0.05) is 12.3 Å². The van der Waals surface area contributed by atoms with Crippen LogP contribution >= 0.6 is 11.6 Å². The van der Waals surface area contributed by atoms with Gasteiger partial charge < -0.3 is 5.32 Å². The molecule has 1 atom stereocenters. The molecule has 1 saturated heterocycles. The third kappa shape index (κ3) is 3.00. The fourth-order valence-corrected chi connectivity index (χ4v) is 3.51. The molecule has 1 N–H and O–H groups in total. The summed E-state index contributed by atoms with van der Waals surface area (Å²) in [6.07, 6.45) is 4.65. The lowest BCUT2D eigenvalue weighted by atomic mass is 9.98. The van der Waals surface area contributed by atoms with E-state index < -0.39 is 9.84 Å². The van der Waals surface area contributed by atoms with Crippen molar-refractivity contribution in [1.82, 2.24) is 5.32 Å². The molecule has 94 valence electrons. The Morgan fingerprint density at radius 1 is 1.35 bits per heavy atom. The minimum Gasteiger partial charge on any atom is -0.310 e. The van der Waals surface area contributed by atoms with Crippen LogP contribution in [0.5, 0.6) is 0 Å². The molecule has 1 unspecified atom stereocenters. The van der Waals surface area contributed by atoms with Crippen LogP contribution in [-0.2, 0) is 9.84 Å². The van der Waals surface area contributed by atoms with Gasteiger partial charge in [-0.05, 0) is 37.1 Å². The zero-order chi connectivity index (χ0) is 12.5. The van der Waals surface area contributed by atoms with Crippen molar-refractivity contribution in [3.05, 3.63) is 28.8 Å². The van der Waals surface area contributed by atoms with Crippen molar-refractivity contribution in [2.45, 2.75) is 30.2 Å². The highest BCUT2D eigenvalue weighted by atomic mass is 35.5. The van der Waals surface area contributed by atoms with Gasteiger partial charge in [0.05, 0.1) is 9.92 Å². The molecule has 1 heterocycles. The Labute approximate surface area is 107 Å². The van der Waals surface area contributed by atoms with Crippen LogP contribution in [-0.4, -0.2) is 21.2 Å². The molecule has 1 aromatic carbocycles. The monoisotopic (exact) mass is 273 g/mol. The first-order chi connectivity index (χ1) is 7.98. The quantitative estimate of drug-likeness (QED) is 0.901. The topological polar surface area (TPSA) is 46.2 Å². The highest BCUT2D eigenvalue weighted by Gasteiger charge is 2.18. The minimum absolute atomic E-state index is 0.207. The number of piperidine rings is 1. The normalized spacial score (nSPS) is 21.4. The summed E-state index contributed by atoms with van der Waals surface area (Å²) in [4.78, 5) is 0.207. The summed E-state index contributed by atoms with van der Waals surface area (Å²) in [5.41, 5.74) is 1.07. The number of hydrogen-bond acceptors (Lipinski definition) is 3. The lowest BCUT2D eigenvalue weighted by Gasteiger charge is -2.24. The second kappa shape index (κ2) is 4.96. The number of rotatable bonds is 2. The molecule has 3 nitrogen and oxygen atoms in total. The Kier molecular flexibility index (Phi) is 3.76. The highest BCUT2D eigenvalue weighted by molar-refractivity contribution is 7.90. The molecule has 1 aliphatic heterocycles. The third-order valence-corrected chi connectivity index (χ3v) is 4.65. The van der Waals surface area contributed by atoms with Crippen molar-refractivity contribution in [2.24, 2.45) is 0 Å². The van der Waals surface area contributed by atoms with E-state index in [1.807, 2.05) is 6.07 Å². The Bertz CT molecular complexity index is 507. The first-order valence-electron chi connectivity index (χ1n) is 5.71. The summed E-state index contributed by atoms with van der Waals surface area (Å²) in [5.74, 6) is 0. The molecule has 0 bridgehead atoms. The molecule has 1 fully saturated rings. The number of nitrogens with one attached hydrogen (secondary N) is 1. The lowest BCUT2D eigenvalue weighted by molar-refractivity contribution is 0.412. The van der Waals surface area contributed by atoms with Crippen molar-refractivity contribution < 1.29 is 8.42 Å². The highest BCUT2D eigenvalue weighted by Crippen LogP contribution is 2.28. The number of hydrogen-bond donors (Lipinski definition) is 1. The lowest BCUT2D eigenvalue weighted by Crippen LogP contribution is -2.26. The predicted molar refractivity (Wildman–Crippen MR) is 69.2 cm³/mol. The largest absolute Gasteiger partial charge is 0.310 e. The maximum absolute atomic E-state index is 11.4. The van der Waals surface area contributed by atoms with Crippen molar-refractivity contribution >= 4 is 21.4 Å². The predicted octanol–water partition coefficient (Wildman–Crippen LogP) is 2.56. The summed E-state index contributed by atoms with van der Waals surface area (Å²) >= 11 is 6.03. The standard InChI is InChI=1S/C12H16ClNO2S/c1-17(15,16)12-6-5-9(8-10(12)13)11-4-2-3-7-14-11/h5-6,8,11,14H,2-4,7H2,1H3. The minimum atomic E-state index is -3.23. The number of sulfone groups is 1. The van der Waals surface area contributed by atoms with Crippen molar-refractivity contribution in [1.29, 1.82) is 0 Å². The summed E-state index contributed by atoms with van der Waals surface area (Å²) in [7, 11) is -3.23. The summed E-state index contributed by atoms with van der Waals surface area (Å²) in [5, 5.41) is 3.73. The molecule has 0 spiro atoms. The van der Waals surface area contributed by atoms with E-state index in [4.69, 9.17) is 11.6 Å². The van der Waals surface area contributed by atoms with E-state index in [1.54, 1.807) is 12.1 Å². The molecule has 0 aliphatic carbocycles. The Balaban J connectivity index is 2.30. The zero-order valence-corrected chi connectivity index (χ0v) is 11.3. The molecule has 0 radical (unpaired) electrons. The molecule has 17 heavy (non-hydrogen) atoms. The van der Waals surface area contributed by atoms with Gasteiger partial charge in [0.15, 0.2) is 9.84 Å². The van der Waals surface area contributed by atoms with E-state index in [2.05, 4.69) is 5.32 Å². The Morgan fingerprint density at radius 2 is 2.12 bits per heavy atom. The molecule has 0 aromatic heterocycles. The van der Waals surface area contributed by atoms with E-state index in [1.165, 1.54) is 19.1 Å². The zero-order valence-electron chi connectivity index (χ0n) is 9.74. The summed E-state index contributed by atoms with van der Waals surface area (Å²) in [6.45, 7) is 1.01. The van der Waals surface area contributed by atoms with Gasteiger partial charge in [-0.1, -0.05) is 24.1 Å².